The third-order valence-corrected chi connectivity index (χ3v) is 4.01. The molecule has 0 amide bonds. The van der Waals surface area contributed by atoms with Crippen LogP contribution < -0.4 is 4.74 Å². The minimum Gasteiger partial charge on any atom is -0.423 e. The van der Waals surface area contributed by atoms with E-state index in [1.54, 1.807) is 0 Å². The number of rotatable bonds is 13. The first-order valence-corrected chi connectivity index (χ1v) is 9.25. The zero-order valence-electron chi connectivity index (χ0n) is 15.3. The summed E-state index contributed by atoms with van der Waals surface area (Å²) in [5.74, 6) is 0.227. The second-order valence-electron chi connectivity index (χ2n) is 6.11. The zero-order valence-corrected chi connectivity index (χ0v) is 15.3. The van der Waals surface area contributed by atoms with Crippen LogP contribution in [0.4, 0.5) is 0 Å². The molecule has 0 aliphatic carbocycles. The summed E-state index contributed by atoms with van der Waals surface area (Å²) >= 11 is 0. The number of carbonyl (C=O) groups is 1. The van der Waals surface area contributed by atoms with E-state index >= 15 is 0 Å². The lowest BCUT2D eigenvalue weighted by Crippen LogP contribution is -2.14. The predicted octanol–water partition coefficient (Wildman–Crippen LogP) is 5.48. The number of hydrogen-bond donors (Lipinski definition) is 0. The van der Waals surface area contributed by atoms with E-state index in [4.69, 9.17) is 9.47 Å². The van der Waals surface area contributed by atoms with Crippen LogP contribution >= 0.6 is 0 Å². The fourth-order valence-corrected chi connectivity index (χ4v) is 2.70. The van der Waals surface area contributed by atoms with E-state index in [9.17, 15) is 4.79 Å². The van der Waals surface area contributed by atoms with Crippen molar-refractivity contribution in [1.29, 1.82) is 0 Å². The van der Waals surface area contributed by atoms with Crippen molar-refractivity contribution in [3.05, 3.63) is 42.5 Å². The lowest BCUT2D eigenvalue weighted by molar-refractivity contribution is -0.129. The fourth-order valence-electron chi connectivity index (χ4n) is 2.70. The molecule has 24 heavy (non-hydrogen) atoms. The molecule has 0 saturated heterocycles. The summed E-state index contributed by atoms with van der Waals surface area (Å²) in [6.45, 7) is 8.65. The smallest absolute Gasteiger partial charge is 0.335 e. The maximum absolute atomic E-state index is 11.4. The zero-order chi connectivity index (χ0) is 17.6. The quantitative estimate of drug-likeness (QED) is 0.208. The molecule has 0 aliphatic rings. The number of esters is 1. The largest absolute Gasteiger partial charge is 0.423 e. The molecule has 0 N–H and O–H groups in total. The predicted molar refractivity (Wildman–Crippen MR) is 99.4 cm³/mol. The highest BCUT2D eigenvalue weighted by Crippen LogP contribution is 2.22. The molecule has 0 aliphatic heterocycles. The molecule has 0 spiro atoms. The average Bonchev–Trinajstić information content (AvgIpc) is 2.60. The number of aryl methyl sites for hydroxylation is 1. The molecule has 0 saturated carbocycles. The Bertz CT molecular complexity index is 482. The van der Waals surface area contributed by atoms with Crippen molar-refractivity contribution in [2.45, 2.75) is 71.3 Å². The number of benzene rings is 1. The minimum atomic E-state index is -0.411. The Kier molecular flexibility index (Phi) is 10.9. The Morgan fingerprint density at radius 3 is 2.58 bits per heavy atom. The highest BCUT2D eigenvalue weighted by molar-refractivity contribution is 5.83. The Morgan fingerprint density at radius 1 is 1.12 bits per heavy atom. The van der Waals surface area contributed by atoms with Gasteiger partial charge < -0.3 is 9.47 Å². The number of carbonyl (C=O) groups excluding carboxylic acids is 1. The highest BCUT2D eigenvalue weighted by atomic mass is 16.5. The molecule has 1 rings (SSSR count). The Hall–Kier alpha value is -1.61. The highest BCUT2D eigenvalue weighted by Gasteiger charge is 2.11. The maximum Gasteiger partial charge on any atom is 0.335 e. The van der Waals surface area contributed by atoms with Gasteiger partial charge in [0.2, 0.25) is 0 Å². The molecule has 0 aromatic heterocycles. The second kappa shape index (κ2) is 12.8. The Labute approximate surface area is 147 Å². The first kappa shape index (κ1) is 20.4. The van der Waals surface area contributed by atoms with Crippen molar-refractivity contribution in [2.24, 2.45) is 0 Å². The summed E-state index contributed by atoms with van der Waals surface area (Å²) < 4.78 is 11.3. The van der Waals surface area contributed by atoms with E-state index in [0.29, 0.717) is 11.9 Å². The molecule has 1 atom stereocenters. The minimum absolute atomic E-state index is 0.347. The normalized spacial score (nSPS) is 11.9. The van der Waals surface area contributed by atoms with Crippen LogP contribution in [-0.4, -0.2) is 18.7 Å². The Balaban J connectivity index is 2.50. The lowest BCUT2D eigenvalue weighted by Gasteiger charge is -2.18. The molecule has 0 heterocycles. The van der Waals surface area contributed by atoms with E-state index < -0.39 is 5.97 Å². The van der Waals surface area contributed by atoms with E-state index in [1.165, 1.54) is 25.3 Å². The van der Waals surface area contributed by atoms with E-state index in [1.807, 2.05) is 24.3 Å². The van der Waals surface area contributed by atoms with Gasteiger partial charge in [0.05, 0.1) is 6.10 Å². The fraction of sp³-hybridized carbons (Fsp3) is 0.571. The first-order chi connectivity index (χ1) is 11.7. The van der Waals surface area contributed by atoms with Crippen LogP contribution in [0.2, 0.25) is 0 Å². The molecule has 1 aromatic rings. The third-order valence-electron chi connectivity index (χ3n) is 4.01. The van der Waals surface area contributed by atoms with Gasteiger partial charge >= 0.3 is 5.97 Å². The molecule has 0 radical (unpaired) electrons. The first-order valence-electron chi connectivity index (χ1n) is 9.25. The molecule has 0 bridgehead atoms. The summed E-state index contributed by atoms with van der Waals surface area (Å²) in [7, 11) is 0. The molecule has 0 fully saturated rings. The summed E-state index contributed by atoms with van der Waals surface area (Å²) in [5, 5.41) is 0. The lowest BCUT2D eigenvalue weighted by atomic mass is 10.0. The van der Waals surface area contributed by atoms with Gasteiger partial charge in [-0.2, -0.15) is 0 Å². The monoisotopic (exact) mass is 332 g/mol. The van der Waals surface area contributed by atoms with Crippen molar-refractivity contribution in [2.75, 3.05) is 6.61 Å². The molecule has 1 aromatic carbocycles. The molecular formula is C21H32O3. The van der Waals surface area contributed by atoms with Crippen molar-refractivity contribution < 1.29 is 14.3 Å². The maximum atomic E-state index is 11.4. The number of hydrogen-bond acceptors (Lipinski definition) is 3. The second-order valence-corrected chi connectivity index (χ2v) is 6.11. The van der Waals surface area contributed by atoms with E-state index in [0.717, 1.165) is 44.3 Å². The van der Waals surface area contributed by atoms with Crippen LogP contribution in [-0.2, 0) is 16.0 Å². The molecule has 134 valence electrons. The summed E-state index contributed by atoms with van der Waals surface area (Å²) in [5.41, 5.74) is 1.07. The third kappa shape index (κ3) is 8.30. The number of ether oxygens (including phenoxy) is 2. The van der Waals surface area contributed by atoms with Gasteiger partial charge in [0, 0.05) is 12.7 Å². The van der Waals surface area contributed by atoms with Crippen molar-refractivity contribution in [3.8, 4) is 5.75 Å². The van der Waals surface area contributed by atoms with Gasteiger partial charge in [-0.05, 0) is 43.7 Å². The van der Waals surface area contributed by atoms with Crippen LogP contribution in [0.1, 0.15) is 64.4 Å². The van der Waals surface area contributed by atoms with Crippen LogP contribution in [0.3, 0.4) is 0 Å². The van der Waals surface area contributed by atoms with Crippen LogP contribution in [0, 0.1) is 0 Å². The van der Waals surface area contributed by atoms with Gasteiger partial charge in [-0.1, -0.05) is 57.9 Å². The summed E-state index contributed by atoms with van der Waals surface area (Å²) in [4.78, 5) is 11.4. The van der Waals surface area contributed by atoms with E-state index in [2.05, 4.69) is 20.4 Å². The average molecular weight is 332 g/mol. The molecule has 1 unspecified atom stereocenters. The number of para-hydroxylation sites is 1. The van der Waals surface area contributed by atoms with Crippen molar-refractivity contribution >= 4 is 5.97 Å². The summed E-state index contributed by atoms with van der Waals surface area (Å²) in [6, 6.07) is 7.72. The van der Waals surface area contributed by atoms with Crippen molar-refractivity contribution in [3.63, 3.8) is 0 Å². The van der Waals surface area contributed by atoms with E-state index in [-0.39, 0.29) is 0 Å². The van der Waals surface area contributed by atoms with Gasteiger partial charge in [0.1, 0.15) is 5.75 Å². The van der Waals surface area contributed by atoms with Gasteiger partial charge in [0.15, 0.2) is 0 Å². The van der Waals surface area contributed by atoms with Gasteiger partial charge in [-0.3, -0.25) is 0 Å². The van der Waals surface area contributed by atoms with Crippen LogP contribution in [0.5, 0.6) is 5.75 Å². The molecular weight excluding hydrogens is 300 g/mol. The number of unbranched alkanes of at least 4 members (excludes halogenated alkanes) is 2. The molecule has 3 nitrogen and oxygen atoms in total. The van der Waals surface area contributed by atoms with Crippen LogP contribution in [0.25, 0.3) is 0 Å². The Morgan fingerprint density at radius 2 is 1.88 bits per heavy atom. The van der Waals surface area contributed by atoms with Crippen LogP contribution in [0.15, 0.2) is 36.9 Å². The van der Waals surface area contributed by atoms with Crippen molar-refractivity contribution in [1.82, 2.24) is 0 Å². The van der Waals surface area contributed by atoms with Gasteiger partial charge in [0.25, 0.3) is 0 Å². The molecule has 3 heteroatoms. The topological polar surface area (TPSA) is 35.5 Å². The summed E-state index contributed by atoms with van der Waals surface area (Å²) in [6.07, 6.45) is 10.5. The van der Waals surface area contributed by atoms with Gasteiger partial charge in [-0.25, -0.2) is 4.79 Å². The van der Waals surface area contributed by atoms with Gasteiger partial charge in [-0.15, -0.1) is 0 Å². The standard InChI is InChI=1S/C21H32O3/c1-4-7-8-14-19(23-17-5-2)15-11-13-18-12-9-10-16-20(18)24-21(22)6-3/h6,9-10,12,16,19H,3-5,7-8,11,13-15,17H2,1-2H3. The SMILES string of the molecule is C=CC(=O)Oc1ccccc1CCCC(CCCCC)OCCC.